The van der Waals surface area contributed by atoms with Gasteiger partial charge in [0, 0.05) is 102 Å². The lowest BCUT2D eigenvalue weighted by atomic mass is 10.0. The molecule has 25 nitrogen and oxygen atoms in total. The van der Waals surface area contributed by atoms with Crippen molar-refractivity contribution in [1.82, 2.24) is 73.2 Å². The zero-order valence-corrected chi connectivity index (χ0v) is 50.7. The number of pyridine rings is 3. The summed E-state index contributed by atoms with van der Waals surface area (Å²) in [7, 11) is 4.06. The molecule has 0 bridgehead atoms. The number of rotatable bonds is 9. The first-order chi connectivity index (χ1) is 42.3. The second-order valence-electron chi connectivity index (χ2n) is 23.8. The van der Waals surface area contributed by atoms with Crippen LogP contribution in [0.4, 0.5) is 27.0 Å². The fraction of sp³-hybridized carbons (Fsp3) is 0.397. The van der Waals surface area contributed by atoms with E-state index in [2.05, 4.69) is 80.6 Å². The Labute approximate surface area is 510 Å². The normalized spacial score (nSPS) is 16.9. The number of piperidine rings is 3. The number of nitriles is 3. The van der Waals surface area contributed by atoms with Crippen molar-refractivity contribution in [2.75, 3.05) is 68.5 Å². The molecule has 9 aromatic rings. The lowest BCUT2D eigenvalue weighted by Crippen LogP contribution is -2.50. The van der Waals surface area contributed by atoms with Crippen molar-refractivity contribution < 1.29 is 19.1 Å². The molecule has 12 heterocycles. The Morgan fingerprint density at radius 1 is 0.557 bits per heavy atom. The maximum absolute atomic E-state index is 12.5. The summed E-state index contributed by atoms with van der Waals surface area (Å²) < 4.78 is 16.5. The molecular formula is C63H71N21O4. The summed E-state index contributed by atoms with van der Waals surface area (Å²) in [5.74, 6) is 3.97. The molecule has 3 aliphatic heterocycles. The summed E-state index contributed by atoms with van der Waals surface area (Å²) in [4.78, 5) is 73.3. The van der Waals surface area contributed by atoms with Crippen LogP contribution in [0.15, 0.2) is 110 Å². The number of fused-ring (bicyclic) bond motifs is 3. The fourth-order valence-corrected chi connectivity index (χ4v) is 10.6. The van der Waals surface area contributed by atoms with E-state index in [-0.39, 0.29) is 24.3 Å². The number of anilines is 3. The Kier molecular flexibility index (Phi) is 18.3. The van der Waals surface area contributed by atoms with Crippen molar-refractivity contribution >= 4 is 46.6 Å². The SMILES string of the molecule is CC(C)(C)OC(=O)N1CCC[C@@H](Nc2ccnc(-c3cnc4ccc(C#N)cn34)n2)C1.CN(c1ccnc(-c2cnc3ccc(C#N)cn23)n1)[C@@H]1CCCN(C(=O)OC(C)(C)C)C1.CN(c1ccnc(-c2cnc3ccc(C#N)cn23)n1)[C@@H]1CCCNC1. The molecule has 3 saturated heterocycles. The van der Waals surface area contributed by atoms with Crippen LogP contribution in [0.25, 0.3) is 51.5 Å². The van der Waals surface area contributed by atoms with Crippen molar-refractivity contribution in [2.45, 2.75) is 109 Å². The van der Waals surface area contributed by atoms with Crippen molar-refractivity contribution in [3.05, 3.63) is 127 Å². The minimum atomic E-state index is -0.517. The summed E-state index contributed by atoms with van der Waals surface area (Å²) in [5.41, 5.74) is 5.03. The topological polar surface area (TPSA) is 290 Å². The first kappa shape index (κ1) is 60.8. The maximum atomic E-state index is 12.5. The number of imidazole rings is 3. The first-order valence-electron chi connectivity index (χ1n) is 29.3. The number of likely N-dealkylation sites (N-methyl/N-ethyl adjacent to an activating group) is 2. The van der Waals surface area contributed by atoms with Gasteiger partial charge in [0.15, 0.2) is 17.5 Å². The lowest BCUT2D eigenvalue weighted by Gasteiger charge is -2.38. The monoisotopic (exact) mass is 1190 g/mol. The van der Waals surface area contributed by atoms with Gasteiger partial charge in [-0.15, -0.1) is 0 Å². The third kappa shape index (κ3) is 14.7. The van der Waals surface area contributed by atoms with Gasteiger partial charge in [0.25, 0.3) is 0 Å². The molecule has 2 amide bonds. The zero-order valence-electron chi connectivity index (χ0n) is 50.7. The molecule has 0 aromatic carbocycles. The highest BCUT2D eigenvalue weighted by atomic mass is 16.6. The van der Waals surface area contributed by atoms with Gasteiger partial charge in [-0.05, 0) is 141 Å². The predicted molar refractivity (Wildman–Crippen MR) is 331 cm³/mol. The van der Waals surface area contributed by atoms with Gasteiger partial charge in [-0.2, -0.15) is 15.8 Å². The Balaban J connectivity index is 0.000000147. The molecule has 3 atom stereocenters. The average Bonchev–Trinajstić information content (AvgIpc) is 3.29. The molecule has 3 fully saturated rings. The molecule has 88 heavy (non-hydrogen) atoms. The van der Waals surface area contributed by atoms with E-state index in [0.29, 0.717) is 83.6 Å². The number of carbonyl (C=O) groups excluding carboxylic acids is 2. The molecule has 2 N–H and O–H groups in total. The Bertz CT molecular complexity index is 4080. The van der Waals surface area contributed by atoms with Gasteiger partial charge in [0.2, 0.25) is 0 Å². The third-order valence-corrected chi connectivity index (χ3v) is 15.1. The van der Waals surface area contributed by atoms with E-state index in [0.717, 1.165) is 79.5 Å². The predicted octanol–water partition coefficient (Wildman–Crippen LogP) is 8.82. The number of nitrogens with one attached hydrogen (secondary N) is 2. The summed E-state index contributed by atoms with van der Waals surface area (Å²) >= 11 is 0. The quantitative estimate of drug-likeness (QED) is 0.136. The standard InChI is InChI=1S/C23H27N7O2.C22H25N7O2.C18H19N7/c1-23(2,3)32-22(31)29-11-5-6-17(15-29)28(4)20-9-10-25-21(27-20)18-13-26-19-8-7-16(12-24)14-30(18)19;1-22(2,3)31-21(30)28-10-4-5-16(14-28)26-18-8-9-24-20(27-18)17-12-25-19-7-6-15(11-23)13-29(17)19;1-24(14-3-2-7-20-10-14)17-6-8-21-18(23-17)15-11-22-16-5-4-13(9-19)12-25(15)16/h7-10,13-14,17H,5-6,11,15H2,1-4H3;6-9,12-13,16H,4-5,10,14H2,1-3H3,(H,24,26,27);4-6,8,11-12,14,20H,2-3,7,10H2,1H3/t17-;16-;14-/m111/s1. The molecule has 0 radical (unpaired) electrons. The van der Waals surface area contributed by atoms with Gasteiger partial charge < -0.3 is 39.7 Å². The van der Waals surface area contributed by atoms with Crippen LogP contribution in [0.2, 0.25) is 0 Å². The van der Waals surface area contributed by atoms with Crippen LogP contribution in [0.5, 0.6) is 0 Å². The minimum absolute atomic E-state index is 0.0661. The lowest BCUT2D eigenvalue weighted by molar-refractivity contribution is 0.0192. The number of aromatic nitrogens is 12. The summed E-state index contributed by atoms with van der Waals surface area (Å²) in [6, 6.07) is 23.3. The van der Waals surface area contributed by atoms with Crippen LogP contribution >= 0.6 is 0 Å². The van der Waals surface area contributed by atoms with Crippen LogP contribution in [-0.2, 0) is 9.47 Å². The number of ether oxygens (including phenoxy) is 2. The Morgan fingerprint density at radius 3 is 1.44 bits per heavy atom. The number of hydrogen-bond acceptors (Lipinski definition) is 20. The van der Waals surface area contributed by atoms with Crippen LogP contribution in [0, 0.1) is 34.0 Å². The van der Waals surface area contributed by atoms with Crippen molar-refractivity contribution in [2.24, 2.45) is 0 Å². The number of likely N-dealkylation sites (tertiary alicyclic amines) is 2. The molecule has 3 aliphatic rings. The number of hydrogen-bond donors (Lipinski definition) is 2. The van der Waals surface area contributed by atoms with E-state index in [1.165, 1.54) is 6.42 Å². The van der Waals surface area contributed by atoms with Gasteiger partial charge in [0.05, 0.1) is 35.3 Å². The molecule has 9 aromatic heterocycles. The van der Waals surface area contributed by atoms with Crippen LogP contribution in [-0.4, -0.2) is 163 Å². The van der Waals surface area contributed by atoms with Crippen molar-refractivity contribution in [1.29, 1.82) is 15.8 Å². The smallest absolute Gasteiger partial charge is 0.410 e. The highest BCUT2D eigenvalue weighted by Gasteiger charge is 2.31. The van der Waals surface area contributed by atoms with Crippen LogP contribution in [0.3, 0.4) is 0 Å². The Hall–Kier alpha value is -10.3. The second kappa shape index (κ2) is 26.5. The second-order valence-corrected chi connectivity index (χ2v) is 23.8. The van der Waals surface area contributed by atoms with Crippen molar-refractivity contribution in [3.63, 3.8) is 0 Å². The zero-order chi connectivity index (χ0) is 62.1. The number of nitrogens with zero attached hydrogens (tertiary/aromatic N) is 19. The van der Waals surface area contributed by atoms with Gasteiger partial charge in [-0.1, -0.05) is 0 Å². The first-order valence-corrected chi connectivity index (χ1v) is 29.3. The van der Waals surface area contributed by atoms with Crippen LogP contribution in [0.1, 0.15) is 96.8 Å². The molecule has 25 heteroatoms. The van der Waals surface area contributed by atoms with Gasteiger partial charge in [-0.3, -0.25) is 13.2 Å². The largest absolute Gasteiger partial charge is 0.444 e. The third-order valence-electron chi connectivity index (χ3n) is 15.1. The van der Waals surface area contributed by atoms with Crippen molar-refractivity contribution in [3.8, 4) is 52.8 Å². The number of amides is 2. The van der Waals surface area contributed by atoms with Gasteiger partial charge in [-0.25, -0.2) is 54.4 Å². The maximum Gasteiger partial charge on any atom is 0.410 e. The molecule has 0 spiro atoms. The summed E-state index contributed by atoms with van der Waals surface area (Å²) in [6.07, 6.45) is 21.0. The molecule has 452 valence electrons. The molecule has 12 rings (SSSR count). The summed E-state index contributed by atoms with van der Waals surface area (Å²) in [6.45, 7) is 15.8. The van der Waals surface area contributed by atoms with E-state index in [1.54, 1.807) is 102 Å². The average molecular weight is 1190 g/mol. The summed E-state index contributed by atoms with van der Waals surface area (Å²) in [5, 5.41) is 34.4. The molecule has 0 aliphatic carbocycles. The fourth-order valence-electron chi connectivity index (χ4n) is 10.6. The molecular weight excluding hydrogens is 1110 g/mol. The van der Waals surface area contributed by atoms with E-state index >= 15 is 0 Å². The minimum Gasteiger partial charge on any atom is -0.444 e. The molecule has 0 saturated carbocycles. The van der Waals surface area contributed by atoms with Gasteiger partial charge >= 0.3 is 12.2 Å². The molecule has 0 unspecified atom stereocenters. The highest BCUT2D eigenvalue weighted by Crippen LogP contribution is 2.27. The number of carbonyl (C=O) groups is 2. The van der Waals surface area contributed by atoms with Crippen LogP contribution < -0.4 is 20.4 Å². The van der Waals surface area contributed by atoms with E-state index < -0.39 is 11.2 Å². The Morgan fingerprint density at radius 2 is 0.989 bits per heavy atom. The van der Waals surface area contributed by atoms with E-state index in [4.69, 9.17) is 24.7 Å². The van der Waals surface area contributed by atoms with Gasteiger partial charge in [0.1, 0.15) is 80.9 Å². The van der Waals surface area contributed by atoms with E-state index in [9.17, 15) is 20.1 Å². The van der Waals surface area contributed by atoms with E-state index in [1.807, 2.05) is 80.0 Å². The highest BCUT2D eigenvalue weighted by molar-refractivity contribution is 5.69.